The van der Waals surface area contributed by atoms with Crippen molar-refractivity contribution in [2.24, 2.45) is 0 Å². The molecule has 0 aliphatic rings. The predicted octanol–water partition coefficient (Wildman–Crippen LogP) is 5.42. The molecule has 1 aromatic heterocycles. The number of anilines is 3. The van der Waals surface area contributed by atoms with Crippen molar-refractivity contribution in [2.75, 3.05) is 16.4 Å². The van der Waals surface area contributed by atoms with Gasteiger partial charge in [0.15, 0.2) is 4.34 Å². The lowest BCUT2D eigenvalue weighted by Gasteiger charge is -2.06. The van der Waals surface area contributed by atoms with Crippen molar-refractivity contribution in [1.29, 1.82) is 0 Å². The van der Waals surface area contributed by atoms with Crippen molar-refractivity contribution in [1.82, 2.24) is 10.2 Å². The second-order valence-electron chi connectivity index (χ2n) is 5.76. The Kier molecular flexibility index (Phi) is 6.30. The maximum absolute atomic E-state index is 13.0. The Hall–Kier alpha value is -2.16. The van der Waals surface area contributed by atoms with Crippen LogP contribution in [-0.4, -0.2) is 21.9 Å². The minimum atomic E-state index is -0.454. The lowest BCUT2D eigenvalue weighted by atomic mass is 10.1. The molecule has 0 fully saturated rings. The van der Waals surface area contributed by atoms with Gasteiger partial charge in [-0.25, -0.2) is 4.39 Å². The SMILES string of the molecule is Cc1ccc(Nc2nnc(SCC(=O)Nc3ccc(F)cc3Cl)s2)cc1C. The molecule has 0 spiro atoms. The monoisotopic (exact) mass is 422 g/mol. The van der Waals surface area contributed by atoms with Gasteiger partial charge < -0.3 is 10.6 Å². The number of carbonyl (C=O) groups excluding carboxylic acids is 1. The summed E-state index contributed by atoms with van der Waals surface area (Å²) in [6.07, 6.45) is 0. The number of benzene rings is 2. The van der Waals surface area contributed by atoms with Crippen LogP contribution in [0.25, 0.3) is 0 Å². The van der Waals surface area contributed by atoms with E-state index in [1.807, 2.05) is 25.1 Å². The van der Waals surface area contributed by atoms with E-state index in [0.717, 1.165) is 11.8 Å². The molecule has 2 aromatic carbocycles. The normalized spacial score (nSPS) is 10.7. The average Bonchev–Trinajstić information content (AvgIpc) is 3.06. The van der Waals surface area contributed by atoms with Gasteiger partial charge in [0.05, 0.1) is 16.5 Å². The van der Waals surface area contributed by atoms with E-state index in [1.54, 1.807) is 0 Å². The molecule has 0 aliphatic heterocycles. The van der Waals surface area contributed by atoms with E-state index in [1.165, 1.54) is 46.4 Å². The molecular formula is C18H16ClFN4OS2. The molecular weight excluding hydrogens is 407 g/mol. The van der Waals surface area contributed by atoms with E-state index in [4.69, 9.17) is 11.6 Å². The fourth-order valence-corrected chi connectivity index (χ4v) is 3.95. The summed E-state index contributed by atoms with van der Waals surface area (Å²) >= 11 is 8.54. The fraction of sp³-hybridized carbons (Fsp3) is 0.167. The first kappa shape index (κ1) is 19.6. The van der Waals surface area contributed by atoms with Gasteiger partial charge in [-0.15, -0.1) is 10.2 Å². The van der Waals surface area contributed by atoms with Gasteiger partial charge in [-0.05, 0) is 55.3 Å². The quantitative estimate of drug-likeness (QED) is 0.519. The molecule has 9 heteroatoms. The Labute approximate surface area is 169 Å². The molecule has 0 aliphatic carbocycles. The molecule has 5 nitrogen and oxygen atoms in total. The molecule has 0 saturated heterocycles. The molecule has 0 radical (unpaired) electrons. The summed E-state index contributed by atoms with van der Waals surface area (Å²) in [7, 11) is 0. The molecule has 140 valence electrons. The summed E-state index contributed by atoms with van der Waals surface area (Å²) in [5.74, 6) is -0.566. The molecule has 0 bridgehead atoms. The Morgan fingerprint density at radius 2 is 2.00 bits per heavy atom. The topological polar surface area (TPSA) is 66.9 Å². The summed E-state index contributed by atoms with van der Waals surface area (Å²) in [4.78, 5) is 12.0. The van der Waals surface area contributed by atoms with Crippen molar-refractivity contribution >= 4 is 57.1 Å². The van der Waals surface area contributed by atoms with Crippen LogP contribution in [-0.2, 0) is 4.79 Å². The highest BCUT2D eigenvalue weighted by Crippen LogP contribution is 2.29. The highest BCUT2D eigenvalue weighted by molar-refractivity contribution is 8.01. The largest absolute Gasteiger partial charge is 0.330 e. The Bertz CT molecular complexity index is 980. The van der Waals surface area contributed by atoms with Crippen molar-refractivity contribution in [3.05, 3.63) is 58.4 Å². The summed E-state index contributed by atoms with van der Waals surface area (Å²) in [6.45, 7) is 4.11. The summed E-state index contributed by atoms with van der Waals surface area (Å²) in [6, 6.07) is 9.89. The van der Waals surface area contributed by atoms with Gasteiger partial charge in [-0.1, -0.05) is 40.8 Å². The number of aromatic nitrogens is 2. The maximum atomic E-state index is 13.0. The zero-order chi connectivity index (χ0) is 19.4. The number of rotatable bonds is 6. The molecule has 1 heterocycles. The molecule has 3 rings (SSSR count). The maximum Gasteiger partial charge on any atom is 0.234 e. The third-order valence-electron chi connectivity index (χ3n) is 3.70. The van der Waals surface area contributed by atoms with Crippen molar-refractivity contribution in [3.63, 3.8) is 0 Å². The third-order valence-corrected chi connectivity index (χ3v) is 5.98. The molecule has 0 saturated carbocycles. The van der Waals surface area contributed by atoms with E-state index in [-0.39, 0.29) is 16.7 Å². The number of nitrogens with zero attached hydrogens (tertiary/aromatic N) is 2. The standard InChI is InChI=1S/C18H16ClFN4OS2/c1-10-3-5-13(7-11(10)2)21-17-23-24-18(27-17)26-9-16(25)22-15-6-4-12(20)8-14(15)19/h3-8H,9H2,1-2H3,(H,21,23)(H,22,25). The first-order valence-electron chi connectivity index (χ1n) is 7.96. The van der Waals surface area contributed by atoms with Gasteiger partial charge in [-0.3, -0.25) is 4.79 Å². The van der Waals surface area contributed by atoms with Crippen molar-refractivity contribution in [2.45, 2.75) is 18.2 Å². The van der Waals surface area contributed by atoms with E-state index in [9.17, 15) is 9.18 Å². The summed E-state index contributed by atoms with van der Waals surface area (Å²) < 4.78 is 13.7. The first-order chi connectivity index (χ1) is 12.9. The van der Waals surface area contributed by atoms with Crippen LogP contribution in [0, 0.1) is 19.7 Å². The predicted molar refractivity (Wildman–Crippen MR) is 110 cm³/mol. The lowest BCUT2D eigenvalue weighted by molar-refractivity contribution is -0.113. The Morgan fingerprint density at radius 3 is 2.74 bits per heavy atom. The number of nitrogens with one attached hydrogen (secondary N) is 2. The minimum absolute atomic E-state index is 0.145. The summed E-state index contributed by atoms with van der Waals surface area (Å²) in [5.41, 5.74) is 3.73. The number of amides is 1. The first-order valence-corrected chi connectivity index (χ1v) is 10.1. The van der Waals surface area contributed by atoms with Crippen LogP contribution in [0.4, 0.5) is 20.9 Å². The van der Waals surface area contributed by atoms with Crippen LogP contribution >= 0.6 is 34.7 Å². The Balaban J connectivity index is 1.54. The molecule has 3 aromatic rings. The number of aryl methyl sites for hydroxylation is 2. The van der Waals surface area contributed by atoms with Gasteiger partial charge >= 0.3 is 0 Å². The third kappa shape index (κ3) is 5.41. The minimum Gasteiger partial charge on any atom is -0.330 e. The number of halogens is 2. The fourth-order valence-electron chi connectivity index (χ4n) is 2.17. The summed E-state index contributed by atoms with van der Waals surface area (Å²) in [5, 5.41) is 14.8. The van der Waals surface area contributed by atoms with Crippen LogP contribution in [0.5, 0.6) is 0 Å². The van der Waals surface area contributed by atoms with Crippen molar-refractivity contribution in [3.8, 4) is 0 Å². The average molecular weight is 423 g/mol. The van der Waals surface area contributed by atoms with Crippen LogP contribution in [0.15, 0.2) is 40.7 Å². The number of hydrogen-bond donors (Lipinski definition) is 2. The molecule has 1 amide bonds. The zero-order valence-corrected chi connectivity index (χ0v) is 16.9. The van der Waals surface area contributed by atoms with Crippen LogP contribution in [0.1, 0.15) is 11.1 Å². The number of carbonyl (C=O) groups is 1. The van der Waals surface area contributed by atoms with Crippen LogP contribution in [0.3, 0.4) is 0 Å². The lowest BCUT2D eigenvalue weighted by Crippen LogP contribution is -2.14. The smallest absolute Gasteiger partial charge is 0.234 e. The van der Waals surface area contributed by atoms with Crippen LogP contribution in [0.2, 0.25) is 5.02 Å². The highest BCUT2D eigenvalue weighted by atomic mass is 35.5. The van der Waals surface area contributed by atoms with Crippen molar-refractivity contribution < 1.29 is 9.18 Å². The van der Waals surface area contributed by atoms with Gasteiger partial charge in [0.1, 0.15) is 5.82 Å². The number of hydrogen-bond acceptors (Lipinski definition) is 6. The highest BCUT2D eigenvalue weighted by Gasteiger charge is 2.11. The van der Waals surface area contributed by atoms with Gasteiger partial charge in [0.2, 0.25) is 11.0 Å². The second-order valence-corrected chi connectivity index (χ2v) is 8.37. The van der Waals surface area contributed by atoms with Gasteiger partial charge in [0.25, 0.3) is 0 Å². The van der Waals surface area contributed by atoms with Crippen LogP contribution < -0.4 is 10.6 Å². The Morgan fingerprint density at radius 1 is 1.19 bits per heavy atom. The number of thioether (sulfide) groups is 1. The molecule has 0 atom stereocenters. The van der Waals surface area contributed by atoms with E-state index >= 15 is 0 Å². The molecule has 27 heavy (non-hydrogen) atoms. The van der Waals surface area contributed by atoms with E-state index < -0.39 is 5.82 Å². The van der Waals surface area contributed by atoms with Gasteiger partial charge in [0, 0.05) is 5.69 Å². The van der Waals surface area contributed by atoms with Gasteiger partial charge in [-0.2, -0.15) is 0 Å². The second kappa shape index (κ2) is 8.69. The molecule has 0 unspecified atom stereocenters. The van der Waals surface area contributed by atoms with E-state index in [0.29, 0.717) is 15.2 Å². The molecule has 2 N–H and O–H groups in total. The van der Waals surface area contributed by atoms with E-state index in [2.05, 4.69) is 27.8 Å². The zero-order valence-electron chi connectivity index (χ0n) is 14.5.